The summed E-state index contributed by atoms with van der Waals surface area (Å²) in [7, 11) is 3.05. The molecule has 1 aliphatic heterocycles. The molecular formula is C31H36N4O7. The number of urea groups is 1. The van der Waals surface area contributed by atoms with Gasteiger partial charge in [0.2, 0.25) is 5.91 Å². The third-order valence-corrected chi connectivity index (χ3v) is 6.74. The second-order valence-electron chi connectivity index (χ2n) is 9.45. The summed E-state index contributed by atoms with van der Waals surface area (Å²) in [4.78, 5) is 42.8. The SMILES string of the molecule is CCOC(CN1C(=O)[C@@](CC(=O)Nc2cccc(OC)c2)(NC(=O)Nc2cccc(OC)c2)c2ccccc21)OCC. The van der Waals surface area contributed by atoms with Crippen molar-refractivity contribution in [3.63, 3.8) is 0 Å². The lowest BCUT2D eigenvalue weighted by atomic mass is 9.87. The van der Waals surface area contributed by atoms with E-state index in [0.29, 0.717) is 47.3 Å². The van der Waals surface area contributed by atoms with E-state index in [2.05, 4.69) is 16.0 Å². The van der Waals surface area contributed by atoms with Crippen molar-refractivity contribution in [2.45, 2.75) is 32.1 Å². The number of hydrogen-bond donors (Lipinski definition) is 3. The number of carbonyl (C=O) groups excluding carboxylic acids is 3. The first-order chi connectivity index (χ1) is 20.3. The average molecular weight is 577 g/mol. The van der Waals surface area contributed by atoms with E-state index in [1.54, 1.807) is 72.8 Å². The Kier molecular flexibility index (Phi) is 10.00. The van der Waals surface area contributed by atoms with Crippen LogP contribution < -0.4 is 30.3 Å². The molecule has 1 aliphatic rings. The van der Waals surface area contributed by atoms with Gasteiger partial charge in [0, 0.05) is 42.3 Å². The molecule has 0 fully saturated rings. The van der Waals surface area contributed by atoms with Crippen molar-refractivity contribution in [3.05, 3.63) is 78.4 Å². The van der Waals surface area contributed by atoms with Crippen LogP contribution in [0.4, 0.5) is 21.9 Å². The third-order valence-electron chi connectivity index (χ3n) is 6.74. The highest BCUT2D eigenvalue weighted by atomic mass is 16.7. The minimum Gasteiger partial charge on any atom is -0.497 e. The number of amides is 4. The van der Waals surface area contributed by atoms with Crippen LogP contribution >= 0.6 is 0 Å². The molecule has 11 heteroatoms. The molecular weight excluding hydrogens is 540 g/mol. The molecule has 0 saturated carbocycles. The molecule has 0 bridgehead atoms. The normalized spacial score (nSPS) is 15.7. The van der Waals surface area contributed by atoms with E-state index in [-0.39, 0.29) is 13.0 Å². The van der Waals surface area contributed by atoms with Crippen molar-refractivity contribution in [1.82, 2.24) is 5.32 Å². The number of fused-ring (bicyclic) bond motifs is 1. The lowest BCUT2D eigenvalue weighted by Gasteiger charge is -2.30. The predicted octanol–water partition coefficient (Wildman–Crippen LogP) is 4.50. The maximum Gasteiger partial charge on any atom is 0.320 e. The molecule has 0 spiro atoms. The smallest absolute Gasteiger partial charge is 0.320 e. The van der Waals surface area contributed by atoms with E-state index < -0.39 is 29.7 Å². The number of nitrogens with one attached hydrogen (secondary N) is 3. The van der Waals surface area contributed by atoms with Gasteiger partial charge in [0.25, 0.3) is 5.91 Å². The average Bonchev–Trinajstić information content (AvgIpc) is 3.20. The second-order valence-corrected chi connectivity index (χ2v) is 9.45. The quantitative estimate of drug-likeness (QED) is 0.256. The van der Waals surface area contributed by atoms with Gasteiger partial charge in [-0.25, -0.2) is 4.79 Å². The summed E-state index contributed by atoms with van der Waals surface area (Å²) in [5, 5.41) is 8.42. The van der Waals surface area contributed by atoms with E-state index in [9.17, 15) is 14.4 Å². The van der Waals surface area contributed by atoms with E-state index in [1.165, 1.54) is 19.1 Å². The Balaban J connectivity index is 1.70. The Hall–Kier alpha value is -4.61. The summed E-state index contributed by atoms with van der Waals surface area (Å²) < 4.78 is 22.0. The highest BCUT2D eigenvalue weighted by Crippen LogP contribution is 2.43. The number of ether oxygens (including phenoxy) is 4. The number of carbonyl (C=O) groups is 3. The molecule has 0 unspecified atom stereocenters. The third kappa shape index (κ3) is 6.81. The largest absolute Gasteiger partial charge is 0.497 e. The van der Waals surface area contributed by atoms with Crippen LogP contribution in [-0.4, -0.2) is 58.1 Å². The highest BCUT2D eigenvalue weighted by Gasteiger charge is 2.53. The molecule has 3 aromatic carbocycles. The number of nitrogens with zero attached hydrogens (tertiary/aromatic N) is 1. The van der Waals surface area contributed by atoms with Crippen molar-refractivity contribution in [2.75, 3.05) is 49.5 Å². The Bertz CT molecular complexity index is 1340. The lowest BCUT2D eigenvalue weighted by molar-refractivity contribution is -0.138. The topological polar surface area (TPSA) is 127 Å². The predicted molar refractivity (Wildman–Crippen MR) is 159 cm³/mol. The first-order valence-corrected chi connectivity index (χ1v) is 13.6. The molecule has 4 rings (SSSR count). The summed E-state index contributed by atoms with van der Waals surface area (Å²) in [6, 6.07) is 20.1. The van der Waals surface area contributed by atoms with Crippen LogP contribution in [0.3, 0.4) is 0 Å². The van der Waals surface area contributed by atoms with Crippen molar-refractivity contribution >= 4 is 34.9 Å². The van der Waals surface area contributed by atoms with Gasteiger partial charge in [-0.2, -0.15) is 0 Å². The van der Waals surface area contributed by atoms with Crippen LogP contribution in [0.15, 0.2) is 72.8 Å². The minimum absolute atomic E-state index is 0.0654. The molecule has 3 aromatic rings. The standard InChI is InChI=1S/C31H36N4O7/c1-5-41-28(42-6-2)20-35-26-16-8-7-15-25(26)31(29(35)37,19-27(36)32-21-11-9-13-23(17-21)39-3)34-30(38)33-22-12-10-14-24(18-22)40-4/h7-18,28H,5-6,19-20H2,1-4H3,(H,32,36)(H2,33,34,38)/t31-/m0/s1. The van der Waals surface area contributed by atoms with Crippen LogP contribution in [0.1, 0.15) is 25.8 Å². The number of methoxy groups -OCH3 is 2. The summed E-state index contributed by atoms with van der Waals surface area (Å²) in [6.07, 6.45) is -1.08. The van der Waals surface area contributed by atoms with Crippen LogP contribution in [0.5, 0.6) is 11.5 Å². The Morgan fingerprint density at radius 3 is 2.02 bits per heavy atom. The molecule has 4 amide bonds. The minimum atomic E-state index is -1.73. The Morgan fingerprint density at radius 1 is 0.833 bits per heavy atom. The fourth-order valence-electron chi connectivity index (χ4n) is 4.92. The molecule has 1 atom stereocenters. The maximum atomic E-state index is 14.4. The van der Waals surface area contributed by atoms with Crippen molar-refractivity contribution in [2.24, 2.45) is 0 Å². The number of anilines is 3. The zero-order chi connectivity index (χ0) is 30.1. The van der Waals surface area contributed by atoms with E-state index >= 15 is 0 Å². The van der Waals surface area contributed by atoms with Gasteiger partial charge in [-0.05, 0) is 44.2 Å². The van der Waals surface area contributed by atoms with Crippen molar-refractivity contribution in [1.29, 1.82) is 0 Å². The number of hydrogen-bond acceptors (Lipinski definition) is 7. The van der Waals surface area contributed by atoms with Gasteiger partial charge in [-0.1, -0.05) is 30.3 Å². The second kappa shape index (κ2) is 13.8. The van der Waals surface area contributed by atoms with Crippen LogP contribution in [0.25, 0.3) is 0 Å². The summed E-state index contributed by atoms with van der Waals surface area (Å²) in [5.41, 5.74) is 0.224. The highest BCUT2D eigenvalue weighted by molar-refractivity contribution is 6.13. The molecule has 0 saturated heterocycles. The zero-order valence-corrected chi connectivity index (χ0v) is 24.1. The molecule has 1 heterocycles. The van der Waals surface area contributed by atoms with Gasteiger partial charge in [-0.3, -0.25) is 9.59 Å². The Labute approximate surface area is 245 Å². The summed E-state index contributed by atoms with van der Waals surface area (Å²) >= 11 is 0. The van der Waals surface area contributed by atoms with Gasteiger partial charge in [0.05, 0.1) is 32.9 Å². The summed E-state index contributed by atoms with van der Waals surface area (Å²) in [5.74, 6) is 0.131. The number of rotatable bonds is 13. The summed E-state index contributed by atoms with van der Waals surface area (Å²) in [6.45, 7) is 4.50. The molecule has 11 nitrogen and oxygen atoms in total. The van der Waals surface area contributed by atoms with Gasteiger partial charge in [0.1, 0.15) is 11.5 Å². The van der Waals surface area contributed by atoms with Crippen LogP contribution in [0, 0.1) is 0 Å². The first-order valence-electron chi connectivity index (χ1n) is 13.6. The molecule has 3 N–H and O–H groups in total. The monoisotopic (exact) mass is 576 g/mol. The molecule has 0 aliphatic carbocycles. The van der Waals surface area contributed by atoms with Gasteiger partial charge in [0.15, 0.2) is 11.8 Å². The maximum absolute atomic E-state index is 14.4. The van der Waals surface area contributed by atoms with Crippen molar-refractivity contribution < 1.29 is 33.3 Å². The van der Waals surface area contributed by atoms with Gasteiger partial charge in [-0.15, -0.1) is 0 Å². The van der Waals surface area contributed by atoms with E-state index in [1.807, 2.05) is 13.8 Å². The molecule has 42 heavy (non-hydrogen) atoms. The van der Waals surface area contributed by atoms with Gasteiger partial charge >= 0.3 is 6.03 Å². The van der Waals surface area contributed by atoms with E-state index in [0.717, 1.165) is 0 Å². The fourth-order valence-corrected chi connectivity index (χ4v) is 4.92. The van der Waals surface area contributed by atoms with Gasteiger partial charge < -0.3 is 39.8 Å². The fraction of sp³-hybridized carbons (Fsp3) is 0.323. The zero-order valence-electron chi connectivity index (χ0n) is 24.1. The van der Waals surface area contributed by atoms with E-state index in [4.69, 9.17) is 18.9 Å². The Morgan fingerprint density at radius 2 is 1.43 bits per heavy atom. The van der Waals surface area contributed by atoms with Crippen LogP contribution in [-0.2, 0) is 24.6 Å². The first kappa shape index (κ1) is 30.4. The van der Waals surface area contributed by atoms with Crippen LogP contribution in [0.2, 0.25) is 0 Å². The number of para-hydroxylation sites is 1. The number of benzene rings is 3. The lowest BCUT2D eigenvalue weighted by Crippen LogP contribution is -2.56. The van der Waals surface area contributed by atoms with Crippen molar-refractivity contribution in [3.8, 4) is 11.5 Å². The molecule has 222 valence electrons. The molecule has 0 radical (unpaired) electrons. The molecule has 0 aromatic heterocycles.